The lowest BCUT2D eigenvalue weighted by Gasteiger charge is -2.38. The third kappa shape index (κ3) is 5.18. The van der Waals surface area contributed by atoms with Gasteiger partial charge in [-0.25, -0.2) is 0 Å². The number of rotatable bonds is 6. The second-order valence-corrected chi connectivity index (χ2v) is 7.46. The van der Waals surface area contributed by atoms with Gasteiger partial charge in [0, 0.05) is 43.8 Å². The van der Waals surface area contributed by atoms with E-state index in [1.165, 1.54) is 5.56 Å². The number of guanidine groups is 1. The monoisotopic (exact) mass is 401 g/mol. The molecule has 1 aliphatic rings. The summed E-state index contributed by atoms with van der Waals surface area (Å²) in [5.41, 5.74) is 2.48. The molecular weight excluding hydrogens is 374 g/mol. The van der Waals surface area contributed by atoms with Crippen LogP contribution >= 0.6 is 11.6 Å². The number of ether oxygens (including phenoxy) is 2. The van der Waals surface area contributed by atoms with Gasteiger partial charge in [0.1, 0.15) is 5.75 Å². The molecule has 28 heavy (non-hydrogen) atoms. The van der Waals surface area contributed by atoms with Crippen LogP contribution in [0.2, 0.25) is 5.02 Å². The Morgan fingerprint density at radius 1 is 1.07 bits per heavy atom. The van der Waals surface area contributed by atoms with Crippen LogP contribution in [0, 0.1) is 0 Å². The molecule has 1 fully saturated rings. The van der Waals surface area contributed by atoms with Gasteiger partial charge in [0.2, 0.25) is 0 Å². The lowest BCUT2D eigenvalue weighted by atomic mass is 9.74. The Morgan fingerprint density at radius 2 is 1.75 bits per heavy atom. The van der Waals surface area contributed by atoms with Gasteiger partial charge in [0.05, 0.1) is 7.11 Å². The molecule has 2 N–H and O–H groups in total. The molecule has 0 atom stereocenters. The Labute approximate surface area is 172 Å². The molecule has 150 valence electrons. The van der Waals surface area contributed by atoms with E-state index >= 15 is 0 Å². The molecule has 0 saturated carbocycles. The predicted octanol–water partition coefficient (Wildman–Crippen LogP) is 3.76. The average Bonchev–Trinajstić information content (AvgIpc) is 2.76. The number of nitrogens with zero attached hydrogens (tertiary/aromatic N) is 1. The average molecular weight is 402 g/mol. The molecule has 0 radical (unpaired) electrons. The summed E-state index contributed by atoms with van der Waals surface area (Å²) in [6.45, 7) is 3.02. The fourth-order valence-electron chi connectivity index (χ4n) is 3.54. The molecule has 2 aromatic carbocycles. The van der Waals surface area contributed by atoms with Gasteiger partial charge in [-0.05, 0) is 48.2 Å². The third-order valence-electron chi connectivity index (χ3n) is 5.34. The van der Waals surface area contributed by atoms with Gasteiger partial charge in [0.15, 0.2) is 5.96 Å². The maximum Gasteiger partial charge on any atom is 0.191 e. The molecule has 1 aliphatic heterocycles. The standard InChI is InChI=1S/C22H28ClN3O2/c1-24-21(25-15-17-3-7-19(23)8-4-17)26-16-22(11-13-28-14-12-22)18-5-9-20(27-2)10-6-18/h3-10H,11-16H2,1-2H3,(H2,24,25,26). The highest BCUT2D eigenvalue weighted by Crippen LogP contribution is 2.35. The summed E-state index contributed by atoms with van der Waals surface area (Å²) in [4.78, 5) is 4.37. The van der Waals surface area contributed by atoms with Crippen molar-refractivity contribution in [2.45, 2.75) is 24.8 Å². The van der Waals surface area contributed by atoms with Crippen molar-refractivity contribution in [1.29, 1.82) is 0 Å². The maximum atomic E-state index is 5.96. The Morgan fingerprint density at radius 3 is 2.36 bits per heavy atom. The van der Waals surface area contributed by atoms with Crippen molar-refractivity contribution >= 4 is 17.6 Å². The number of nitrogens with one attached hydrogen (secondary N) is 2. The highest BCUT2D eigenvalue weighted by molar-refractivity contribution is 6.30. The summed E-state index contributed by atoms with van der Waals surface area (Å²) in [6.07, 6.45) is 1.95. The molecule has 0 aromatic heterocycles. The van der Waals surface area contributed by atoms with Crippen molar-refractivity contribution in [2.75, 3.05) is 33.9 Å². The van der Waals surface area contributed by atoms with Crippen LogP contribution in [0.1, 0.15) is 24.0 Å². The first-order valence-electron chi connectivity index (χ1n) is 9.56. The normalized spacial score (nSPS) is 16.5. The van der Waals surface area contributed by atoms with Crippen molar-refractivity contribution in [3.8, 4) is 5.75 Å². The van der Waals surface area contributed by atoms with E-state index in [0.29, 0.717) is 6.54 Å². The van der Waals surface area contributed by atoms with Gasteiger partial charge >= 0.3 is 0 Å². The minimum Gasteiger partial charge on any atom is -0.497 e. The van der Waals surface area contributed by atoms with Crippen molar-refractivity contribution in [3.63, 3.8) is 0 Å². The van der Waals surface area contributed by atoms with E-state index in [9.17, 15) is 0 Å². The predicted molar refractivity (Wildman–Crippen MR) is 114 cm³/mol. The van der Waals surface area contributed by atoms with Crippen LogP contribution in [0.25, 0.3) is 0 Å². The van der Waals surface area contributed by atoms with Gasteiger partial charge in [-0.1, -0.05) is 35.9 Å². The fourth-order valence-corrected chi connectivity index (χ4v) is 3.66. The largest absolute Gasteiger partial charge is 0.497 e. The summed E-state index contributed by atoms with van der Waals surface area (Å²) in [7, 11) is 3.48. The Kier molecular flexibility index (Phi) is 7.18. The summed E-state index contributed by atoms with van der Waals surface area (Å²) >= 11 is 5.96. The second kappa shape index (κ2) is 9.80. The zero-order valence-corrected chi connectivity index (χ0v) is 17.3. The highest BCUT2D eigenvalue weighted by atomic mass is 35.5. The van der Waals surface area contributed by atoms with Crippen LogP contribution in [-0.4, -0.2) is 39.9 Å². The molecule has 0 unspecified atom stereocenters. The Bertz CT molecular complexity index is 769. The summed E-state index contributed by atoms with van der Waals surface area (Å²) < 4.78 is 10.9. The van der Waals surface area contributed by atoms with E-state index in [1.54, 1.807) is 14.2 Å². The van der Waals surface area contributed by atoms with Crippen LogP contribution in [-0.2, 0) is 16.7 Å². The third-order valence-corrected chi connectivity index (χ3v) is 5.60. The molecule has 0 bridgehead atoms. The molecule has 5 nitrogen and oxygen atoms in total. The van der Waals surface area contributed by atoms with Crippen LogP contribution < -0.4 is 15.4 Å². The number of hydrogen-bond donors (Lipinski definition) is 2. The van der Waals surface area contributed by atoms with Gasteiger partial charge in [-0.15, -0.1) is 0 Å². The fraction of sp³-hybridized carbons (Fsp3) is 0.409. The lowest BCUT2D eigenvalue weighted by molar-refractivity contribution is 0.0513. The number of hydrogen-bond acceptors (Lipinski definition) is 3. The molecule has 1 heterocycles. The van der Waals surface area contributed by atoms with Crippen molar-refractivity contribution in [2.24, 2.45) is 4.99 Å². The van der Waals surface area contributed by atoms with E-state index in [1.807, 2.05) is 36.4 Å². The smallest absolute Gasteiger partial charge is 0.191 e. The minimum absolute atomic E-state index is 0.0163. The van der Waals surface area contributed by atoms with Crippen molar-refractivity contribution in [1.82, 2.24) is 10.6 Å². The summed E-state index contributed by atoms with van der Waals surface area (Å²) in [6, 6.07) is 16.2. The molecule has 6 heteroatoms. The SMILES string of the molecule is CN=C(NCc1ccc(Cl)cc1)NCC1(c2ccc(OC)cc2)CCOCC1. The Hall–Kier alpha value is -2.24. The molecule has 0 aliphatic carbocycles. The number of halogens is 1. The van der Waals surface area contributed by atoms with Crippen LogP contribution in [0.15, 0.2) is 53.5 Å². The van der Waals surface area contributed by atoms with Gasteiger partial charge < -0.3 is 20.1 Å². The zero-order chi connectivity index (χ0) is 19.8. The van der Waals surface area contributed by atoms with Crippen molar-refractivity contribution < 1.29 is 9.47 Å². The quantitative estimate of drug-likeness (QED) is 0.571. The highest BCUT2D eigenvalue weighted by Gasteiger charge is 2.34. The first kappa shape index (κ1) is 20.5. The van der Waals surface area contributed by atoms with Crippen molar-refractivity contribution in [3.05, 3.63) is 64.7 Å². The maximum absolute atomic E-state index is 5.96. The van der Waals surface area contributed by atoms with E-state index in [4.69, 9.17) is 21.1 Å². The number of benzene rings is 2. The second-order valence-electron chi connectivity index (χ2n) is 7.03. The molecule has 3 rings (SSSR count). The van der Waals surface area contributed by atoms with E-state index < -0.39 is 0 Å². The number of aliphatic imine (C=N–C) groups is 1. The van der Waals surface area contributed by atoms with Crippen LogP contribution in [0.3, 0.4) is 0 Å². The van der Waals surface area contributed by atoms with E-state index in [-0.39, 0.29) is 5.41 Å². The topological polar surface area (TPSA) is 54.9 Å². The molecule has 0 amide bonds. The molecule has 2 aromatic rings. The first-order chi connectivity index (χ1) is 13.6. The Balaban J connectivity index is 1.65. The van der Waals surface area contributed by atoms with Crippen LogP contribution in [0.5, 0.6) is 5.75 Å². The van der Waals surface area contributed by atoms with Crippen LogP contribution in [0.4, 0.5) is 0 Å². The van der Waals surface area contributed by atoms with Gasteiger partial charge in [0.25, 0.3) is 0 Å². The lowest BCUT2D eigenvalue weighted by Crippen LogP contribution is -2.47. The van der Waals surface area contributed by atoms with Gasteiger partial charge in [-0.3, -0.25) is 4.99 Å². The minimum atomic E-state index is 0.0163. The van der Waals surface area contributed by atoms with E-state index in [2.05, 4.69) is 27.8 Å². The molecule has 0 spiro atoms. The molecular formula is C22H28ClN3O2. The van der Waals surface area contributed by atoms with E-state index in [0.717, 1.165) is 54.9 Å². The molecule has 1 saturated heterocycles. The summed E-state index contributed by atoms with van der Waals surface area (Å²) in [5, 5.41) is 7.63. The number of methoxy groups -OCH3 is 1. The zero-order valence-electron chi connectivity index (χ0n) is 16.5. The summed E-state index contributed by atoms with van der Waals surface area (Å²) in [5.74, 6) is 1.66. The first-order valence-corrected chi connectivity index (χ1v) is 9.94. The van der Waals surface area contributed by atoms with Gasteiger partial charge in [-0.2, -0.15) is 0 Å².